The van der Waals surface area contributed by atoms with Gasteiger partial charge < -0.3 is 14.7 Å². The summed E-state index contributed by atoms with van der Waals surface area (Å²) in [6, 6.07) is 6.35. The Kier molecular flexibility index (Phi) is 5.88. The van der Waals surface area contributed by atoms with E-state index in [0.717, 1.165) is 32.5 Å². The summed E-state index contributed by atoms with van der Waals surface area (Å²) in [6.07, 6.45) is 3.16. The van der Waals surface area contributed by atoms with Crippen molar-refractivity contribution in [3.05, 3.63) is 35.6 Å². The minimum absolute atomic E-state index is 0.0492. The number of cyclic esters (lactones) is 1. The van der Waals surface area contributed by atoms with E-state index in [1.807, 2.05) is 0 Å². The SMILES string of the molecule is O=C(Cc1ccccc1F)N1CCC2(CC1)CC(CN1CCC(O)CC1)OC2=O. The van der Waals surface area contributed by atoms with Crippen LogP contribution in [-0.2, 0) is 20.7 Å². The number of aliphatic hydroxyl groups excluding tert-OH is 1. The second kappa shape index (κ2) is 8.40. The normalized spacial score (nSPS) is 25.4. The molecule has 7 heteroatoms. The quantitative estimate of drug-likeness (QED) is 0.775. The molecule has 0 aromatic heterocycles. The van der Waals surface area contributed by atoms with Crippen LogP contribution in [0.2, 0.25) is 0 Å². The van der Waals surface area contributed by atoms with Crippen molar-refractivity contribution in [2.24, 2.45) is 5.41 Å². The maximum absolute atomic E-state index is 13.8. The molecule has 1 amide bonds. The molecule has 29 heavy (non-hydrogen) atoms. The number of hydrogen-bond donors (Lipinski definition) is 1. The van der Waals surface area contributed by atoms with E-state index < -0.39 is 5.41 Å². The molecule has 0 saturated carbocycles. The average molecular weight is 404 g/mol. The number of nitrogens with zero attached hydrogens (tertiary/aromatic N) is 2. The standard InChI is InChI=1S/C22H29FN2O4/c23-19-4-2-1-3-16(19)13-20(27)25-11-7-22(8-12-25)14-18(29-21(22)28)15-24-9-5-17(26)6-10-24/h1-4,17-18,26H,5-15H2. The van der Waals surface area contributed by atoms with Gasteiger partial charge in [0.25, 0.3) is 0 Å². The number of amides is 1. The van der Waals surface area contributed by atoms with Gasteiger partial charge in [-0.1, -0.05) is 18.2 Å². The number of esters is 1. The molecule has 6 nitrogen and oxygen atoms in total. The van der Waals surface area contributed by atoms with Crippen LogP contribution in [0.3, 0.4) is 0 Å². The maximum Gasteiger partial charge on any atom is 0.312 e. The number of rotatable bonds is 4. The van der Waals surface area contributed by atoms with Crippen molar-refractivity contribution < 1.29 is 23.8 Å². The van der Waals surface area contributed by atoms with Gasteiger partial charge >= 0.3 is 5.97 Å². The monoisotopic (exact) mass is 404 g/mol. The Balaban J connectivity index is 1.29. The van der Waals surface area contributed by atoms with Crippen LogP contribution in [0, 0.1) is 11.2 Å². The summed E-state index contributed by atoms with van der Waals surface area (Å²) in [4.78, 5) is 29.2. The number of aliphatic hydroxyl groups is 1. The van der Waals surface area contributed by atoms with Gasteiger partial charge in [0.15, 0.2) is 0 Å². The molecule has 0 radical (unpaired) electrons. The molecule has 1 aromatic carbocycles. The van der Waals surface area contributed by atoms with Crippen molar-refractivity contribution >= 4 is 11.9 Å². The molecule has 3 saturated heterocycles. The molecule has 1 unspecified atom stereocenters. The molecule has 3 fully saturated rings. The van der Waals surface area contributed by atoms with Crippen LogP contribution >= 0.6 is 0 Å². The second-order valence-electron chi connectivity index (χ2n) is 8.69. The summed E-state index contributed by atoms with van der Waals surface area (Å²) in [5.74, 6) is -0.595. The molecular formula is C22H29FN2O4. The van der Waals surface area contributed by atoms with Crippen molar-refractivity contribution in [3.63, 3.8) is 0 Å². The highest BCUT2D eigenvalue weighted by atomic mass is 19.1. The smallest absolute Gasteiger partial charge is 0.312 e. The molecule has 3 aliphatic rings. The van der Waals surface area contributed by atoms with E-state index in [9.17, 15) is 19.1 Å². The van der Waals surface area contributed by atoms with Gasteiger partial charge in [0.2, 0.25) is 5.91 Å². The van der Waals surface area contributed by atoms with Crippen molar-refractivity contribution in [1.29, 1.82) is 0 Å². The Morgan fingerprint density at radius 3 is 2.55 bits per heavy atom. The van der Waals surface area contributed by atoms with Gasteiger partial charge in [-0.25, -0.2) is 4.39 Å². The number of hydrogen-bond acceptors (Lipinski definition) is 5. The molecule has 4 rings (SSSR count). The Morgan fingerprint density at radius 1 is 1.17 bits per heavy atom. The van der Waals surface area contributed by atoms with Gasteiger partial charge in [-0.15, -0.1) is 0 Å². The number of piperidine rings is 2. The largest absolute Gasteiger partial charge is 0.461 e. The summed E-state index contributed by atoms with van der Waals surface area (Å²) >= 11 is 0. The summed E-state index contributed by atoms with van der Waals surface area (Å²) < 4.78 is 19.5. The van der Waals surface area contributed by atoms with Crippen LogP contribution in [0.1, 0.15) is 37.7 Å². The van der Waals surface area contributed by atoms with Crippen LogP contribution in [0.25, 0.3) is 0 Å². The van der Waals surface area contributed by atoms with Gasteiger partial charge in [0.05, 0.1) is 17.9 Å². The Labute approximate surface area is 170 Å². The highest BCUT2D eigenvalue weighted by Gasteiger charge is 2.51. The first-order chi connectivity index (χ1) is 13.9. The van der Waals surface area contributed by atoms with Crippen LogP contribution in [-0.4, -0.2) is 71.7 Å². The number of carbonyl (C=O) groups excluding carboxylic acids is 2. The zero-order valence-electron chi connectivity index (χ0n) is 16.7. The third-order valence-corrected chi connectivity index (χ3v) is 6.72. The molecule has 3 aliphatic heterocycles. The third kappa shape index (κ3) is 4.46. The van der Waals surface area contributed by atoms with E-state index in [0.29, 0.717) is 37.9 Å². The Hall–Kier alpha value is -1.99. The van der Waals surface area contributed by atoms with Crippen molar-refractivity contribution in [3.8, 4) is 0 Å². The summed E-state index contributed by atoms with van der Waals surface area (Å²) in [5, 5.41) is 9.64. The lowest BCUT2D eigenvalue weighted by Crippen LogP contribution is -2.45. The van der Waals surface area contributed by atoms with E-state index in [-0.39, 0.29) is 36.3 Å². The van der Waals surface area contributed by atoms with Gasteiger partial charge in [0, 0.05) is 39.1 Å². The Bertz CT molecular complexity index is 755. The first-order valence-electron chi connectivity index (χ1n) is 10.6. The topological polar surface area (TPSA) is 70.1 Å². The summed E-state index contributed by atoms with van der Waals surface area (Å²) in [7, 11) is 0. The van der Waals surface area contributed by atoms with Gasteiger partial charge in [-0.2, -0.15) is 0 Å². The first kappa shape index (κ1) is 20.3. The average Bonchev–Trinajstić information content (AvgIpc) is 3.00. The van der Waals surface area contributed by atoms with Gasteiger partial charge in [0.1, 0.15) is 11.9 Å². The number of halogens is 1. The molecule has 1 aromatic rings. The van der Waals surface area contributed by atoms with Crippen LogP contribution in [0.5, 0.6) is 0 Å². The Morgan fingerprint density at radius 2 is 1.86 bits per heavy atom. The molecule has 1 atom stereocenters. The maximum atomic E-state index is 13.8. The van der Waals surface area contributed by atoms with E-state index >= 15 is 0 Å². The molecule has 1 spiro atoms. The van der Waals surface area contributed by atoms with E-state index in [4.69, 9.17) is 4.74 Å². The lowest BCUT2D eigenvalue weighted by molar-refractivity contribution is -0.153. The fourth-order valence-corrected chi connectivity index (χ4v) is 4.84. The van der Waals surface area contributed by atoms with Gasteiger partial charge in [-0.05, 0) is 37.3 Å². The molecule has 0 aliphatic carbocycles. The molecule has 0 bridgehead atoms. The van der Waals surface area contributed by atoms with E-state index in [1.54, 1.807) is 23.1 Å². The highest BCUT2D eigenvalue weighted by Crippen LogP contribution is 2.43. The van der Waals surface area contributed by atoms with Crippen LogP contribution < -0.4 is 0 Å². The van der Waals surface area contributed by atoms with Crippen molar-refractivity contribution in [2.75, 3.05) is 32.7 Å². The fourth-order valence-electron chi connectivity index (χ4n) is 4.84. The lowest BCUT2D eigenvalue weighted by Gasteiger charge is -2.37. The second-order valence-corrected chi connectivity index (χ2v) is 8.69. The van der Waals surface area contributed by atoms with E-state index in [2.05, 4.69) is 4.90 Å². The third-order valence-electron chi connectivity index (χ3n) is 6.72. The summed E-state index contributed by atoms with van der Waals surface area (Å²) in [6.45, 7) is 3.40. The number of carbonyl (C=O) groups is 2. The first-order valence-corrected chi connectivity index (χ1v) is 10.6. The molecule has 3 heterocycles. The zero-order chi connectivity index (χ0) is 20.4. The van der Waals surface area contributed by atoms with E-state index in [1.165, 1.54) is 6.07 Å². The van der Waals surface area contributed by atoms with Crippen molar-refractivity contribution in [2.45, 2.75) is 50.7 Å². The minimum Gasteiger partial charge on any atom is -0.461 e. The highest BCUT2D eigenvalue weighted by molar-refractivity contribution is 5.81. The number of ether oxygens (including phenoxy) is 1. The molecule has 1 N–H and O–H groups in total. The predicted octanol–water partition coefficient (Wildman–Crippen LogP) is 1.75. The molecule has 158 valence electrons. The summed E-state index contributed by atoms with van der Waals surface area (Å²) in [5.41, 5.74) is -0.0841. The lowest BCUT2D eigenvalue weighted by atomic mass is 9.76. The van der Waals surface area contributed by atoms with Gasteiger partial charge in [-0.3, -0.25) is 14.5 Å². The number of benzene rings is 1. The zero-order valence-corrected chi connectivity index (χ0v) is 16.7. The van der Waals surface area contributed by atoms with Crippen LogP contribution in [0.15, 0.2) is 24.3 Å². The predicted molar refractivity (Wildman–Crippen MR) is 105 cm³/mol. The van der Waals surface area contributed by atoms with Crippen molar-refractivity contribution in [1.82, 2.24) is 9.80 Å². The number of likely N-dealkylation sites (tertiary alicyclic amines) is 2. The fraction of sp³-hybridized carbons (Fsp3) is 0.636. The minimum atomic E-state index is -0.491. The van der Waals surface area contributed by atoms with Crippen LogP contribution in [0.4, 0.5) is 4.39 Å². The molecular weight excluding hydrogens is 375 g/mol.